The highest BCUT2D eigenvalue weighted by molar-refractivity contribution is 5.30. The third-order valence-electron chi connectivity index (χ3n) is 3.27. The number of methoxy groups -OCH3 is 1. The van der Waals surface area contributed by atoms with Crippen molar-refractivity contribution < 1.29 is 9.13 Å². The monoisotopic (exact) mass is 277 g/mol. The molecule has 5 heteroatoms. The second-order valence-corrected chi connectivity index (χ2v) is 4.71. The second kappa shape index (κ2) is 7.05. The van der Waals surface area contributed by atoms with Gasteiger partial charge in [0.15, 0.2) is 11.6 Å². The Morgan fingerprint density at radius 1 is 1.45 bits per heavy atom. The number of nitrogens with one attached hydrogen (secondary N) is 2. The van der Waals surface area contributed by atoms with E-state index in [2.05, 4.69) is 15.3 Å². The number of rotatable bonds is 7. The molecule has 0 saturated heterocycles. The van der Waals surface area contributed by atoms with Crippen molar-refractivity contribution in [2.75, 3.05) is 13.7 Å². The Hall–Kier alpha value is -1.88. The Balaban J connectivity index is 1.79. The van der Waals surface area contributed by atoms with Crippen LogP contribution in [-0.4, -0.2) is 23.6 Å². The number of H-pyrrole nitrogens is 1. The van der Waals surface area contributed by atoms with E-state index in [1.54, 1.807) is 12.3 Å². The largest absolute Gasteiger partial charge is 0.494 e. The molecular weight excluding hydrogens is 257 g/mol. The van der Waals surface area contributed by atoms with Gasteiger partial charge in [0.25, 0.3) is 0 Å². The zero-order valence-electron chi connectivity index (χ0n) is 11.8. The zero-order chi connectivity index (χ0) is 14.4. The van der Waals surface area contributed by atoms with E-state index in [0.717, 1.165) is 30.8 Å². The van der Waals surface area contributed by atoms with Crippen molar-refractivity contribution in [1.82, 2.24) is 15.3 Å². The van der Waals surface area contributed by atoms with Gasteiger partial charge in [0.05, 0.1) is 7.11 Å². The van der Waals surface area contributed by atoms with Gasteiger partial charge in [-0.2, -0.15) is 0 Å². The lowest BCUT2D eigenvalue weighted by Gasteiger charge is -2.15. The summed E-state index contributed by atoms with van der Waals surface area (Å²) in [7, 11) is 1.47. The summed E-state index contributed by atoms with van der Waals surface area (Å²) in [5.74, 6) is 0.947. The lowest BCUT2D eigenvalue weighted by molar-refractivity contribution is 0.385. The number of aryl methyl sites for hydroxylation is 1. The molecule has 108 valence electrons. The quantitative estimate of drug-likeness (QED) is 0.765. The van der Waals surface area contributed by atoms with Crippen LogP contribution < -0.4 is 10.1 Å². The number of nitrogens with zero attached hydrogens (tertiary/aromatic N) is 1. The average molecular weight is 277 g/mol. The van der Waals surface area contributed by atoms with Crippen LogP contribution >= 0.6 is 0 Å². The van der Waals surface area contributed by atoms with Gasteiger partial charge in [-0.25, -0.2) is 9.37 Å². The van der Waals surface area contributed by atoms with Gasteiger partial charge in [-0.1, -0.05) is 6.07 Å². The fourth-order valence-corrected chi connectivity index (χ4v) is 2.08. The van der Waals surface area contributed by atoms with E-state index in [9.17, 15) is 4.39 Å². The summed E-state index contributed by atoms with van der Waals surface area (Å²) in [6.07, 6.45) is 5.47. The van der Waals surface area contributed by atoms with Crippen LogP contribution in [-0.2, 0) is 6.42 Å². The molecule has 20 heavy (non-hydrogen) atoms. The number of hydrogen-bond donors (Lipinski definition) is 2. The maximum Gasteiger partial charge on any atom is 0.165 e. The van der Waals surface area contributed by atoms with Crippen LogP contribution in [0.2, 0.25) is 0 Å². The molecule has 1 heterocycles. The van der Waals surface area contributed by atoms with Crippen LogP contribution in [0.4, 0.5) is 4.39 Å². The third kappa shape index (κ3) is 3.81. The number of ether oxygens (including phenoxy) is 1. The van der Waals surface area contributed by atoms with E-state index in [0.29, 0.717) is 0 Å². The summed E-state index contributed by atoms with van der Waals surface area (Å²) >= 11 is 0. The summed E-state index contributed by atoms with van der Waals surface area (Å²) < 4.78 is 18.5. The molecule has 2 rings (SSSR count). The minimum atomic E-state index is -0.325. The molecule has 1 aromatic heterocycles. The van der Waals surface area contributed by atoms with Gasteiger partial charge in [0.1, 0.15) is 5.82 Å². The lowest BCUT2D eigenvalue weighted by atomic mass is 10.1. The normalized spacial score (nSPS) is 12.3. The van der Waals surface area contributed by atoms with Crippen molar-refractivity contribution in [3.63, 3.8) is 0 Å². The predicted molar refractivity (Wildman–Crippen MR) is 76.3 cm³/mol. The van der Waals surface area contributed by atoms with Gasteiger partial charge >= 0.3 is 0 Å². The lowest BCUT2D eigenvalue weighted by Crippen LogP contribution is -2.20. The maximum atomic E-state index is 13.6. The van der Waals surface area contributed by atoms with Gasteiger partial charge in [-0.05, 0) is 37.6 Å². The number of imidazole rings is 1. The molecule has 2 aromatic rings. The van der Waals surface area contributed by atoms with Gasteiger partial charge < -0.3 is 15.0 Å². The molecule has 0 radical (unpaired) electrons. The van der Waals surface area contributed by atoms with E-state index in [1.807, 2.05) is 19.2 Å². The molecular formula is C15H20FN3O. The number of aromatic amines is 1. The maximum absolute atomic E-state index is 13.6. The molecule has 0 aliphatic rings. The molecule has 0 aliphatic heterocycles. The Bertz CT molecular complexity index is 528. The topological polar surface area (TPSA) is 49.9 Å². The Kier molecular flexibility index (Phi) is 5.12. The molecule has 0 spiro atoms. The van der Waals surface area contributed by atoms with Gasteiger partial charge in [-0.3, -0.25) is 0 Å². The summed E-state index contributed by atoms with van der Waals surface area (Å²) in [5.41, 5.74) is 0.918. The number of hydrogen-bond acceptors (Lipinski definition) is 3. The number of benzene rings is 1. The highest BCUT2D eigenvalue weighted by Crippen LogP contribution is 2.21. The summed E-state index contributed by atoms with van der Waals surface area (Å²) in [6.45, 7) is 2.88. The van der Waals surface area contributed by atoms with Crippen molar-refractivity contribution in [2.24, 2.45) is 0 Å². The van der Waals surface area contributed by atoms with E-state index in [1.165, 1.54) is 13.2 Å². The first-order valence-corrected chi connectivity index (χ1v) is 6.76. The fourth-order valence-electron chi connectivity index (χ4n) is 2.08. The molecule has 1 atom stereocenters. The van der Waals surface area contributed by atoms with Crippen molar-refractivity contribution >= 4 is 0 Å². The predicted octanol–water partition coefficient (Wildman–Crippen LogP) is 2.84. The van der Waals surface area contributed by atoms with E-state index in [4.69, 9.17) is 4.74 Å². The van der Waals surface area contributed by atoms with E-state index in [-0.39, 0.29) is 17.6 Å². The SMILES string of the molecule is COc1ccc(C(C)NCCCc2ncc[nH]2)cc1F. The highest BCUT2D eigenvalue weighted by atomic mass is 19.1. The third-order valence-corrected chi connectivity index (χ3v) is 3.27. The van der Waals surface area contributed by atoms with E-state index < -0.39 is 0 Å². The van der Waals surface area contributed by atoms with Crippen molar-refractivity contribution in [3.05, 3.63) is 47.8 Å². The minimum Gasteiger partial charge on any atom is -0.494 e. The first kappa shape index (κ1) is 14.5. The molecule has 0 aliphatic carbocycles. The highest BCUT2D eigenvalue weighted by Gasteiger charge is 2.09. The standard InChI is InChI=1S/C15H20FN3O/c1-11(12-5-6-14(20-2)13(16)10-12)17-7-3-4-15-18-8-9-19-15/h5-6,8-11,17H,3-4,7H2,1-2H3,(H,18,19). The van der Waals surface area contributed by atoms with Crippen LogP contribution in [0.1, 0.15) is 30.8 Å². The van der Waals surface area contributed by atoms with Crippen LogP contribution in [0.3, 0.4) is 0 Å². The molecule has 2 N–H and O–H groups in total. The molecule has 0 saturated carbocycles. The summed E-state index contributed by atoms with van der Waals surface area (Å²) in [4.78, 5) is 7.25. The Morgan fingerprint density at radius 3 is 2.95 bits per heavy atom. The second-order valence-electron chi connectivity index (χ2n) is 4.71. The summed E-state index contributed by atoms with van der Waals surface area (Å²) in [5, 5.41) is 3.38. The average Bonchev–Trinajstić information content (AvgIpc) is 2.96. The van der Waals surface area contributed by atoms with Crippen LogP contribution in [0, 0.1) is 5.82 Å². The smallest absolute Gasteiger partial charge is 0.165 e. The minimum absolute atomic E-state index is 0.104. The molecule has 0 amide bonds. The molecule has 1 unspecified atom stereocenters. The molecule has 1 aromatic carbocycles. The van der Waals surface area contributed by atoms with Crippen LogP contribution in [0.25, 0.3) is 0 Å². The van der Waals surface area contributed by atoms with Crippen LogP contribution in [0.15, 0.2) is 30.6 Å². The Labute approximate surface area is 118 Å². The fraction of sp³-hybridized carbons (Fsp3) is 0.400. The van der Waals surface area contributed by atoms with Crippen molar-refractivity contribution in [3.8, 4) is 5.75 Å². The van der Waals surface area contributed by atoms with Gasteiger partial charge in [-0.15, -0.1) is 0 Å². The van der Waals surface area contributed by atoms with Crippen molar-refractivity contribution in [1.29, 1.82) is 0 Å². The van der Waals surface area contributed by atoms with E-state index >= 15 is 0 Å². The summed E-state index contributed by atoms with van der Waals surface area (Å²) in [6, 6.07) is 5.16. The first-order chi connectivity index (χ1) is 9.70. The number of aromatic nitrogens is 2. The number of halogens is 1. The van der Waals surface area contributed by atoms with Gasteiger partial charge in [0, 0.05) is 24.9 Å². The first-order valence-electron chi connectivity index (χ1n) is 6.76. The van der Waals surface area contributed by atoms with Crippen molar-refractivity contribution in [2.45, 2.75) is 25.8 Å². The zero-order valence-corrected chi connectivity index (χ0v) is 11.8. The van der Waals surface area contributed by atoms with Gasteiger partial charge in [0.2, 0.25) is 0 Å². The Morgan fingerprint density at radius 2 is 2.30 bits per heavy atom. The molecule has 4 nitrogen and oxygen atoms in total. The van der Waals surface area contributed by atoms with Crippen LogP contribution in [0.5, 0.6) is 5.75 Å². The molecule has 0 bridgehead atoms. The molecule has 0 fully saturated rings.